The van der Waals surface area contributed by atoms with Gasteiger partial charge in [-0.1, -0.05) is 0 Å². The molecule has 0 saturated carbocycles. The van der Waals surface area contributed by atoms with Crippen molar-refractivity contribution in [3.05, 3.63) is 40.9 Å². The van der Waals surface area contributed by atoms with Gasteiger partial charge in [-0.05, 0) is 0 Å². The molecule has 0 unspecified atom stereocenters. The van der Waals surface area contributed by atoms with Crippen molar-refractivity contribution in [1.29, 1.82) is 0 Å². The first-order valence-corrected chi connectivity index (χ1v) is 2.76. The smallest absolute Gasteiger partial charge is 0.501 e. The Hall–Kier alpha value is -0.0600. The van der Waals surface area contributed by atoms with Crippen LogP contribution in [-0.2, 0) is 0 Å². The maximum absolute atomic E-state index is 10.5. The van der Waals surface area contributed by atoms with Crippen LogP contribution in [0.2, 0.25) is 0 Å². The third-order valence-electron chi connectivity index (χ3n) is 1.27. The Bertz CT molecular complexity index is 480. The fourth-order valence-electron chi connectivity index (χ4n) is 0.636. The van der Waals surface area contributed by atoms with Crippen LogP contribution in [-0.4, -0.2) is 21.2 Å². The van der Waals surface area contributed by atoms with Crippen LogP contribution in [0.1, 0.15) is 0 Å². The van der Waals surface area contributed by atoms with Crippen molar-refractivity contribution in [2.45, 2.75) is 0 Å². The molecule has 1 aromatic carbocycles. The van der Waals surface area contributed by atoms with Gasteiger partial charge in [0.2, 0.25) is 11.5 Å². The van der Waals surface area contributed by atoms with Gasteiger partial charge in [-0.25, -0.2) is 0 Å². The minimum Gasteiger partial charge on any atom is -0.501 e. The number of phenols is 2. The minimum atomic E-state index is -1.63. The molecule has 0 aliphatic heterocycles. The first-order valence-electron chi connectivity index (χ1n) is 2.76. The number of hydrogen-bond donors (Lipinski definition) is 2. The van der Waals surface area contributed by atoms with Gasteiger partial charge in [-0.3, -0.25) is 19.2 Å². The molecule has 0 spiro atoms. The Balaban J connectivity index is -0.000000180. The van der Waals surface area contributed by atoms with Crippen molar-refractivity contribution in [3.63, 3.8) is 0 Å². The molecular formula is C6H6Na2O8+2. The van der Waals surface area contributed by atoms with Crippen LogP contribution in [0.15, 0.2) is 19.2 Å². The van der Waals surface area contributed by atoms with Gasteiger partial charge in [0.15, 0.2) is 0 Å². The number of benzene rings is 1. The summed E-state index contributed by atoms with van der Waals surface area (Å²) in [7, 11) is 0. The maximum Gasteiger partial charge on any atom is 1.00 e. The van der Waals surface area contributed by atoms with E-state index < -0.39 is 33.2 Å². The van der Waals surface area contributed by atoms with Gasteiger partial charge >= 0.3 is 59.1 Å². The topological polar surface area (TPSA) is 172 Å². The molecule has 0 aliphatic carbocycles. The Morgan fingerprint density at radius 3 is 0.938 bits per heavy atom. The van der Waals surface area contributed by atoms with E-state index >= 15 is 0 Å². The summed E-state index contributed by atoms with van der Waals surface area (Å²) in [6, 6.07) is 0. The molecule has 6 N–H and O–H groups in total. The molecule has 78 valence electrons. The normalized spacial score (nSPS) is 7.50. The number of hydrogen-bond acceptors (Lipinski definition) is 6. The van der Waals surface area contributed by atoms with Crippen LogP contribution in [0.25, 0.3) is 0 Å². The van der Waals surface area contributed by atoms with Crippen LogP contribution in [0.4, 0.5) is 0 Å². The third kappa shape index (κ3) is 4.07. The van der Waals surface area contributed by atoms with Crippen molar-refractivity contribution in [1.82, 2.24) is 0 Å². The van der Waals surface area contributed by atoms with E-state index in [0.717, 1.165) is 0 Å². The van der Waals surface area contributed by atoms with Gasteiger partial charge in [0.05, 0.1) is 0 Å². The summed E-state index contributed by atoms with van der Waals surface area (Å²) >= 11 is 0. The van der Waals surface area contributed by atoms with Gasteiger partial charge in [0, 0.05) is 0 Å². The van der Waals surface area contributed by atoms with Gasteiger partial charge in [-0.15, -0.1) is 0 Å². The molecule has 0 saturated heterocycles. The molecule has 0 atom stereocenters. The zero-order valence-corrected chi connectivity index (χ0v) is 12.5. The summed E-state index contributed by atoms with van der Waals surface area (Å²) < 4.78 is 0. The first kappa shape index (κ1) is 25.0. The van der Waals surface area contributed by atoms with E-state index in [1.165, 1.54) is 0 Å². The molecule has 1 rings (SSSR count). The molecular weight excluding hydrogens is 246 g/mol. The molecule has 0 heterocycles. The predicted octanol–water partition coefficient (Wildman–Crippen LogP) is -10.2. The van der Waals surface area contributed by atoms with E-state index in [0.29, 0.717) is 0 Å². The number of aromatic hydroxyl groups is 2. The van der Waals surface area contributed by atoms with Gasteiger partial charge in [0.25, 0.3) is 21.7 Å². The fourth-order valence-corrected chi connectivity index (χ4v) is 0.636. The standard InChI is InChI=1S/C6H2O6.2Na.2H2O/c7-1-2(8)4(10)6(12)5(11)3(1)9;;;;/h7-8H;;;2*1H2/q;2*+1;;. The molecule has 16 heavy (non-hydrogen) atoms. The molecule has 0 radical (unpaired) electrons. The predicted molar refractivity (Wildman–Crippen MR) is 44.5 cm³/mol. The molecule has 1 aromatic rings. The van der Waals surface area contributed by atoms with Crippen molar-refractivity contribution < 1.29 is 80.3 Å². The van der Waals surface area contributed by atoms with Gasteiger partial charge in [0.1, 0.15) is 0 Å². The molecule has 10 heteroatoms. The van der Waals surface area contributed by atoms with Gasteiger partial charge < -0.3 is 21.2 Å². The van der Waals surface area contributed by atoms with Crippen molar-refractivity contribution >= 4 is 0 Å². The fraction of sp³-hybridized carbons (Fsp3) is 0. The zero-order valence-electron chi connectivity index (χ0n) is 8.53. The summed E-state index contributed by atoms with van der Waals surface area (Å²) in [5.41, 5.74) is -6.38. The van der Waals surface area contributed by atoms with Crippen LogP contribution in [0.3, 0.4) is 0 Å². The Morgan fingerprint density at radius 2 is 0.750 bits per heavy atom. The molecule has 0 fully saturated rings. The first-order chi connectivity index (χ1) is 5.46. The Kier molecular flexibility index (Phi) is 14.1. The average Bonchev–Trinajstić information content (AvgIpc) is 2.08. The Labute approximate surface area is 131 Å². The summed E-state index contributed by atoms with van der Waals surface area (Å²) in [5, 5.41) is 17.2. The third-order valence-corrected chi connectivity index (χ3v) is 1.27. The molecule has 0 aromatic heterocycles. The van der Waals surface area contributed by atoms with Crippen LogP contribution in [0, 0.1) is 0 Å². The number of rotatable bonds is 0. The summed E-state index contributed by atoms with van der Waals surface area (Å²) in [6.45, 7) is 0. The molecule has 8 nitrogen and oxygen atoms in total. The van der Waals surface area contributed by atoms with E-state index in [1.807, 2.05) is 0 Å². The summed E-state index contributed by atoms with van der Waals surface area (Å²) in [5.74, 6) is -2.74. The monoisotopic (exact) mass is 252 g/mol. The van der Waals surface area contributed by atoms with Crippen LogP contribution in [0.5, 0.6) is 11.5 Å². The molecule has 0 amide bonds. The van der Waals surface area contributed by atoms with Crippen molar-refractivity contribution in [3.8, 4) is 11.5 Å². The number of phenolic OH excluding ortho intramolecular Hbond substituents is 2. The quantitative estimate of drug-likeness (QED) is 0.263. The van der Waals surface area contributed by atoms with E-state index in [9.17, 15) is 19.2 Å². The van der Waals surface area contributed by atoms with Crippen LogP contribution >= 0.6 is 0 Å². The second kappa shape index (κ2) is 9.02. The summed E-state index contributed by atoms with van der Waals surface area (Å²) in [6.07, 6.45) is 0. The SMILES string of the molecule is O.O.O=c1c(O)c(O)c(=O)c(=O)c1=O.[Na+].[Na+]. The molecule has 0 aliphatic rings. The van der Waals surface area contributed by atoms with E-state index in [4.69, 9.17) is 10.2 Å². The second-order valence-electron chi connectivity index (χ2n) is 2.01. The minimum absolute atomic E-state index is 0. The van der Waals surface area contributed by atoms with Crippen LogP contribution < -0.4 is 80.8 Å². The van der Waals surface area contributed by atoms with Crippen molar-refractivity contribution in [2.75, 3.05) is 0 Å². The van der Waals surface area contributed by atoms with E-state index in [-0.39, 0.29) is 70.1 Å². The van der Waals surface area contributed by atoms with E-state index in [2.05, 4.69) is 0 Å². The van der Waals surface area contributed by atoms with E-state index in [1.54, 1.807) is 0 Å². The maximum atomic E-state index is 10.5. The zero-order chi connectivity index (χ0) is 9.46. The van der Waals surface area contributed by atoms with Gasteiger partial charge in [-0.2, -0.15) is 0 Å². The largest absolute Gasteiger partial charge is 1.00 e. The molecule has 0 bridgehead atoms. The average molecular weight is 252 g/mol. The Morgan fingerprint density at radius 1 is 0.562 bits per heavy atom. The second-order valence-corrected chi connectivity index (χ2v) is 2.01. The summed E-state index contributed by atoms with van der Waals surface area (Å²) in [4.78, 5) is 41.9. The van der Waals surface area contributed by atoms with Crippen molar-refractivity contribution in [2.24, 2.45) is 0 Å².